The van der Waals surface area contributed by atoms with Crippen molar-refractivity contribution < 1.29 is 47.3 Å². The van der Waals surface area contributed by atoms with Crippen molar-refractivity contribution in [3.63, 3.8) is 0 Å². The molecule has 0 saturated heterocycles. The quantitative estimate of drug-likeness (QED) is 0.226. The maximum Gasteiger partial charge on any atom is 0.490 e. The number of carboxylic acid groups (broad SMARTS) is 2. The number of carbonyl (C=O) groups is 4. The third-order valence-corrected chi connectivity index (χ3v) is 7.27. The summed E-state index contributed by atoms with van der Waals surface area (Å²) in [5.41, 5.74) is 8.36. The van der Waals surface area contributed by atoms with E-state index in [9.17, 15) is 32.7 Å². The number of pyridine rings is 1. The number of anilines is 2. The standard InChI is InChI=1S/C31H36N4O5.C2HF3O2/c1-20(2)34-25-15-14-22(10-7-8-17-40-26-13-9-16-33-29(26)32)19-24(25)30(38)35(21(3)18-27(36)37)28(31(34)39)23-11-5-4-6-12-23;3-2(4,5)1(6)7/h4-6,9,11-16,19-21,28H,7-8,10,17-18H2,1-3H3,(H2,32,33)(H,36,37);(H,6,7). The van der Waals surface area contributed by atoms with Gasteiger partial charge in [0.15, 0.2) is 11.6 Å². The van der Waals surface area contributed by atoms with Crippen LogP contribution in [0.15, 0.2) is 66.9 Å². The first-order valence-electron chi connectivity index (χ1n) is 14.8. The third-order valence-electron chi connectivity index (χ3n) is 7.27. The summed E-state index contributed by atoms with van der Waals surface area (Å²) in [6, 6.07) is 16.4. The summed E-state index contributed by atoms with van der Waals surface area (Å²) in [6.45, 7) is 5.98. The fourth-order valence-electron chi connectivity index (χ4n) is 5.16. The Morgan fingerprint density at radius 2 is 1.66 bits per heavy atom. The van der Waals surface area contributed by atoms with E-state index in [2.05, 4.69) is 4.98 Å². The number of fused-ring (bicyclic) bond motifs is 1. The van der Waals surface area contributed by atoms with Gasteiger partial charge in [-0.05, 0) is 75.4 Å². The number of nitrogens with two attached hydrogens (primary N) is 1. The fourth-order valence-corrected chi connectivity index (χ4v) is 5.16. The molecule has 0 spiro atoms. The maximum absolute atomic E-state index is 14.2. The number of hydrogen-bond donors (Lipinski definition) is 3. The van der Waals surface area contributed by atoms with Crippen LogP contribution in [0.25, 0.3) is 0 Å². The van der Waals surface area contributed by atoms with Crippen molar-refractivity contribution in [1.29, 1.82) is 0 Å². The fraction of sp³-hybridized carbons (Fsp3) is 0.364. The highest BCUT2D eigenvalue weighted by molar-refractivity contribution is 6.11. The number of carbonyl (C=O) groups excluding carboxylic acids is 2. The highest BCUT2D eigenvalue weighted by atomic mass is 19.4. The molecule has 1 aliphatic heterocycles. The normalized spacial score (nSPS) is 15.3. The first-order chi connectivity index (χ1) is 22.1. The number of aromatic nitrogens is 1. The van der Waals surface area contributed by atoms with E-state index in [0.29, 0.717) is 41.4 Å². The Morgan fingerprint density at radius 3 is 2.23 bits per heavy atom. The zero-order valence-corrected chi connectivity index (χ0v) is 26.1. The molecule has 2 atom stereocenters. The molecule has 3 aromatic rings. The summed E-state index contributed by atoms with van der Waals surface area (Å²) in [7, 11) is 0. The number of hydrogen-bond acceptors (Lipinski definition) is 7. The van der Waals surface area contributed by atoms with Crippen molar-refractivity contribution in [2.75, 3.05) is 17.2 Å². The smallest absolute Gasteiger partial charge is 0.490 e. The van der Waals surface area contributed by atoms with Crippen molar-refractivity contribution in [3.8, 4) is 5.75 Å². The molecule has 11 nitrogen and oxygen atoms in total. The third kappa shape index (κ3) is 9.44. The summed E-state index contributed by atoms with van der Waals surface area (Å²) < 4.78 is 37.5. The van der Waals surface area contributed by atoms with Gasteiger partial charge in [0.25, 0.3) is 11.8 Å². The Morgan fingerprint density at radius 1 is 1.00 bits per heavy atom. The number of carboxylic acids is 2. The maximum atomic E-state index is 14.2. The van der Waals surface area contributed by atoms with E-state index in [0.717, 1.165) is 18.4 Å². The van der Waals surface area contributed by atoms with Crippen molar-refractivity contribution in [3.05, 3.63) is 83.6 Å². The van der Waals surface area contributed by atoms with Gasteiger partial charge in [-0.2, -0.15) is 13.2 Å². The van der Waals surface area contributed by atoms with Crippen LogP contribution in [0, 0.1) is 0 Å². The number of alkyl halides is 3. The van der Waals surface area contributed by atoms with Gasteiger partial charge in [0.2, 0.25) is 0 Å². The van der Waals surface area contributed by atoms with E-state index in [1.54, 1.807) is 42.3 Å². The monoisotopic (exact) mass is 658 g/mol. The average Bonchev–Trinajstić information content (AvgIpc) is 3.09. The van der Waals surface area contributed by atoms with Crippen molar-refractivity contribution in [2.24, 2.45) is 0 Å². The number of aliphatic carboxylic acids is 2. The minimum absolute atomic E-state index is 0.220. The SMILES string of the molecule is CC(C)N1C(=O)C(c2ccccc2)N(C(C)CC(=O)O)C(=O)c2cc(CCCCOc3cccnc3N)ccc21.O=C(O)C(F)(F)F. The van der Waals surface area contributed by atoms with Crippen LogP contribution in [0.5, 0.6) is 5.75 Å². The van der Waals surface area contributed by atoms with Crippen molar-refractivity contribution in [1.82, 2.24) is 9.88 Å². The first-order valence-corrected chi connectivity index (χ1v) is 14.8. The Hall–Kier alpha value is -5.14. The van der Waals surface area contributed by atoms with Gasteiger partial charge in [-0.25, -0.2) is 9.78 Å². The molecule has 0 fully saturated rings. The van der Waals surface area contributed by atoms with Gasteiger partial charge >= 0.3 is 18.1 Å². The number of halogens is 3. The summed E-state index contributed by atoms with van der Waals surface area (Å²) in [5, 5.41) is 16.7. The van der Waals surface area contributed by atoms with Crippen LogP contribution in [0.3, 0.4) is 0 Å². The van der Waals surface area contributed by atoms with Crippen LogP contribution in [0.4, 0.5) is 24.7 Å². The van der Waals surface area contributed by atoms with Gasteiger partial charge in [0, 0.05) is 18.3 Å². The molecule has 2 unspecified atom stereocenters. The van der Waals surface area contributed by atoms with E-state index in [4.69, 9.17) is 20.4 Å². The zero-order chi connectivity index (χ0) is 34.9. The molecule has 2 heterocycles. The predicted octanol–water partition coefficient (Wildman–Crippen LogP) is 5.50. The lowest BCUT2D eigenvalue weighted by atomic mass is 10.00. The summed E-state index contributed by atoms with van der Waals surface area (Å²) in [6.07, 6.45) is -1.46. The highest BCUT2D eigenvalue weighted by Gasteiger charge is 2.43. The van der Waals surface area contributed by atoms with Gasteiger partial charge < -0.3 is 30.5 Å². The summed E-state index contributed by atoms with van der Waals surface area (Å²) in [5.74, 6) is -3.50. The summed E-state index contributed by atoms with van der Waals surface area (Å²) in [4.78, 5) is 56.0. The molecule has 1 aliphatic rings. The van der Waals surface area contributed by atoms with E-state index in [1.807, 2.05) is 50.2 Å². The molecular weight excluding hydrogens is 621 g/mol. The van der Waals surface area contributed by atoms with Gasteiger partial charge in [-0.15, -0.1) is 0 Å². The van der Waals surface area contributed by atoms with Gasteiger partial charge in [-0.3, -0.25) is 14.4 Å². The van der Waals surface area contributed by atoms with Crippen LogP contribution in [0.2, 0.25) is 0 Å². The first kappa shape index (κ1) is 36.3. The van der Waals surface area contributed by atoms with E-state index >= 15 is 0 Å². The molecular formula is C33H37F3N4O7. The van der Waals surface area contributed by atoms with E-state index < -0.39 is 30.2 Å². The van der Waals surface area contributed by atoms with Gasteiger partial charge in [0.05, 0.1) is 24.3 Å². The second-order valence-corrected chi connectivity index (χ2v) is 11.1. The number of benzene rings is 2. The lowest BCUT2D eigenvalue weighted by Crippen LogP contribution is -2.48. The Kier molecular flexibility index (Phi) is 12.3. The average molecular weight is 659 g/mol. The number of nitrogens with zero attached hydrogens (tertiary/aromatic N) is 3. The van der Waals surface area contributed by atoms with Crippen LogP contribution in [-0.4, -0.2) is 68.7 Å². The molecule has 2 amide bonds. The van der Waals surface area contributed by atoms with Crippen LogP contribution >= 0.6 is 0 Å². The molecule has 47 heavy (non-hydrogen) atoms. The van der Waals surface area contributed by atoms with Gasteiger partial charge in [-0.1, -0.05) is 36.4 Å². The van der Waals surface area contributed by atoms with Crippen LogP contribution in [-0.2, 0) is 20.8 Å². The molecule has 0 saturated carbocycles. The largest absolute Gasteiger partial charge is 0.490 e. The zero-order valence-electron chi connectivity index (χ0n) is 26.1. The van der Waals surface area contributed by atoms with Crippen LogP contribution < -0.4 is 15.4 Å². The molecule has 252 valence electrons. The molecule has 0 bridgehead atoms. The number of ether oxygens (including phenoxy) is 1. The number of rotatable bonds is 11. The Bertz CT molecular complexity index is 1570. The molecule has 2 aromatic carbocycles. The molecule has 0 radical (unpaired) electrons. The topological polar surface area (TPSA) is 163 Å². The Labute approximate surface area is 269 Å². The second-order valence-electron chi connectivity index (χ2n) is 11.1. The Balaban J connectivity index is 0.000000771. The molecule has 4 N–H and O–H groups in total. The number of amides is 2. The lowest BCUT2D eigenvalue weighted by molar-refractivity contribution is -0.192. The van der Waals surface area contributed by atoms with Crippen LogP contribution in [0.1, 0.15) is 67.6 Å². The highest BCUT2D eigenvalue weighted by Crippen LogP contribution is 2.38. The van der Waals surface area contributed by atoms with Gasteiger partial charge in [0.1, 0.15) is 6.04 Å². The number of nitrogen functional groups attached to an aromatic ring is 1. The van der Waals surface area contributed by atoms with E-state index in [-0.39, 0.29) is 24.3 Å². The molecule has 14 heteroatoms. The van der Waals surface area contributed by atoms with Crippen molar-refractivity contribution >= 4 is 35.3 Å². The lowest BCUT2D eigenvalue weighted by Gasteiger charge is -2.36. The molecule has 0 aliphatic carbocycles. The minimum Gasteiger partial charge on any atom is -0.490 e. The van der Waals surface area contributed by atoms with Crippen molar-refractivity contribution in [2.45, 2.75) is 70.8 Å². The molecule has 4 rings (SSSR count). The number of unbranched alkanes of at least 4 members (excludes halogenated alkanes) is 1. The van der Waals surface area contributed by atoms with E-state index in [1.165, 1.54) is 4.90 Å². The minimum atomic E-state index is -5.08. The number of aryl methyl sites for hydroxylation is 1. The summed E-state index contributed by atoms with van der Waals surface area (Å²) >= 11 is 0. The predicted molar refractivity (Wildman–Crippen MR) is 167 cm³/mol. The second kappa shape index (κ2) is 15.9. The molecule has 1 aromatic heterocycles.